The summed E-state index contributed by atoms with van der Waals surface area (Å²) in [5, 5.41) is 3.15. The zero-order valence-corrected chi connectivity index (χ0v) is 14.7. The van der Waals surface area contributed by atoms with E-state index in [-0.39, 0.29) is 22.5 Å². The smallest absolute Gasteiger partial charge is 0.223 e. The Bertz CT molecular complexity index is 784. The number of carbonyl (C=O) groups is 2. The lowest BCUT2D eigenvalue weighted by Gasteiger charge is -2.17. The second-order valence-corrected chi connectivity index (χ2v) is 8.75. The van der Waals surface area contributed by atoms with Crippen molar-refractivity contribution in [1.29, 1.82) is 0 Å². The molecule has 1 N–H and O–H groups in total. The van der Waals surface area contributed by atoms with Crippen molar-refractivity contribution in [3.8, 4) is 0 Å². The van der Waals surface area contributed by atoms with Crippen molar-refractivity contribution in [2.45, 2.75) is 37.1 Å². The zero-order chi connectivity index (χ0) is 17.5. The van der Waals surface area contributed by atoms with Gasteiger partial charge in [-0.05, 0) is 38.0 Å². The number of ketones is 1. The minimum atomic E-state index is -3.40. The summed E-state index contributed by atoms with van der Waals surface area (Å²) in [7, 11) is -3.40. The molecule has 2 fully saturated rings. The second kappa shape index (κ2) is 6.20. The highest BCUT2D eigenvalue weighted by Crippen LogP contribution is 2.33. The minimum Gasteiger partial charge on any atom is -0.384 e. The number of sulfone groups is 1. The van der Waals surface area contributed by atoms with Crippen LogP contribution in [0.2, 0.25) is 0 Å². The monoisotopic (exact) mass is 350 g/mol. The Morgan fingerprint density at radius 2 is 2.04 bits per heavy atom. The third-order valence-electron chi connectivity index (χ3n) is 4.59. The van der Waals surface area contributed by atoms with Crippen LogP contribution in [-0.4, -0.2) is 50.4 Å². The Hall–Kier alpha value is -1.89. The molecular formula is C17H22N2O4S. The molecule has 6 nitrogen and oxygen atoms in total. The van der Waals surface area contributed by atoms with E-state index in [9.17, 15) is 18.0 Å². The molecule has 1 aromatic rings. The molecule has 1 saturated heterocycles. The van der Waals surface area contributed by atoms with Gasteiger partial charge in [0.1, 0.15) is 0 Å². The maximum Gasteiger partial charge on any atom is 0.223 e. The predicted octanol–water partition coefficient (Wildman–Crippen LogP) is 1.72. The van der Waals surface area contributed by atoms with Gasteiger partial charge in [0.05, 0.1) is 10.6 Å². The first-order valence-electron chi connectivity index (χ1n) is 8.14. The number of amides is 1. The van der Waals surface area contributed by atoms with Crippen LogP contribution in [-0.2, 0) is 14.6 Å². The third-order valence-corrected chi connectivity index (χ3v) is 5.75. The predicted molar refractivity (Wildman–Crippen MR) is 90.9 cm³/mol. The van der Waals surface area contributed by atoms with Crippen LogP contribution in [0.1, 0.15) is 36.5 Å². The summed E-state index contributed by atoms with van der Waals surface area (Å²) in [6.07, 6.45) is 3.81. The first-order valence-corrected chi connectivity index (χ1v) is 10.0. The average molecular weight is 350 g/mol. The van der Waals surface area contributed by atoms with Crippen molar-refractivity contribution in [1.82, 2.24) is 4.90 Å². The number of rotatable bonds is 6. The quantitative estimate of drug-likeness (QED) is 0.790. The molecule has 0 radical (unpaired) electrons. The van der Waals surface area contributed by atoms with Crippen molar-refractivity contribution in [3.05, 3.63) is 23.8 Å². The number of carbonyl (C=O) groups excluding carboxylic acids is 2. The first kappa shape index (κ1) is 17.0. The molecule has 1 saturated carbocycles. The van der Waals surface area contributed by atoms with Gasteiger partial charge in [0.2, 0.25) is 5.91 Å². The summed E-state index contributed by atoms with van der Waals surface area (Å²) in [5.41, 5.74) is 0.898. The van der Waals surface area contributed by atoms with Gasteiger partial charge < -0.3 is 10.2 Å². The molecule has 3 rings (SSSR count). The van der Waals surface area contributed by atoms with E-state index in [1.165, 1.54) is 19.1 Å². The van der Waals surface area contributed by atoms with Gasteiger partial charge in [-0.25, -0.2) is 8.42 Å². The molecule has 0 spiro atoms. The van der Waals surface area contributed by atoms with E-state index in [1.54, 1.807) is 6.07 Å². The maximum absolute atomic E-state index is 12.0. The molecule has 1 atom stereocenters. The Morgan fingerprint density at radius 1 is 1.33 bits per heavy atom. The standard InChI is InChI=1S/C17H22N2O4S/c1-11(20)13-3-6-16(24(2,22)23)15(8-13)18-9-12-7-17(21)19(10-12)14-4-5-14/h3,6,8,12,14,18H,4-5,7,9-10H2,1-2H3. The third kappa shape index (κ3) is 3.61. The van der Waals surface area contributed by atoms with Crippen LogP contribution in [0.15, 0.2) is 23.1 Å². The van der Waals surface area contributed by atoms with Crippen LogP contribution in [0.5, 0.6) is 0 Å². The lowest BCUT2D eigenvalue weighted by atomic mass is 10.1. The highest BCUT2D eigenvalue weighted by molar-refractivity contribution is 7.90. The van der Waals surface area contributed by atoms with Crippen LogP contribution >= 0.6 is 0 Å². The SMILES string of the molecule is CC(=O)c1ccc(S(C)(=O)=O)c(NCC2CC(=O)N(C3CC3)C2)c1. The van der Waals surface area contributed by atoms with Gasteiger partial charge in [-0.3, -0.25) is 9.59 Å². The molecule has 1 amide bonds. The van der Waals surface area contributed by atoms with Crippen molar-refractivity contribution in [2.75, 3.05) is 24.7 Å². The Morgan fingerprint density at radius 3 is 2.62 bits per heavy atom. The molecule has 1 aliphatic carbocycles. The molecule has 1 aliphatic heterocycles. The van der Waals surface area contributed by atoms with Gasteiger partial charge >= 0.3 is 0 Å². The summed E-state index contributed by atoms with van der Waals surface area (Å²) in [6, 6.07) is 4.98. The van der Waals surface area contributed by atoms with Crippen LogP contribution in [0.25, 0.3) is 0 Å². The van der Waals surface area contributed by atoms with Crippen molar-refractivity contribution < 1.29 is 18.0 Å². The number of benzene rings is 1. The van der Waals surface area contributed by atoms with Crippen molar-refractivity contribution in [3.63, 3.8) is 0 Å². The number of Topliss-reactive ketones (excluding diaryl/α,β-unsaturated/α-hetero) is 1. The Labute approximate surface area is 142 Å². The van der Waals surface area contributed by atoms with E-state index < -0.39 is 9.84 Å². The number of hydrogen-bond acceptors (Lipinski definition) is 5. The van der Waals surface area contributed by atoms with Crippen molar-refractivity contribution >= 4 is 27.2 Å². The van der Waals surface area contributed by atoms with Crippen LogP contribution < -0.4 is 5.32 Å². The highest BCUT2D eigenvalue weighted by Gasteiger charge is 2.39. The molecule has 130 valence electrons. The maximum atomic E-state index is 12.0. The fraction of sp³-hybridized carbons (Fsp3) is 0.529. The molecule has 0 aromatic heterocycles. The molecular weight excluding hydrogens is 328 g/mol. The summed E-state index contributed by atoms with van der Waals surface area (Å²) in [5.74, 6) is 0.227. The van der Waals surface area contributed by atoms with E-state index >= 15 is 0 Å². The molecule has 1 unspecified atom stereocenters. The van der Waals surface area contributed by atoms with Gasteiger partial charge in [0, 0.05) is 43.3 Å². The molecule has 1 heterocycles. The average Bonchev–Trinajstić information content (AvgIpc) is 3.27. The number of likely N-dealkylation sites (tertiary alicyclic amines) is 1. The fourth-order valence-corrected chi connectivity index (χ4v) is 3.99. The molecule has 0 bridgehead atoms. The topological polar surface area (TPSA) is 83.5 Å². The zero-order valence-electron chi connectivity index (χ0n) is 13.9. The highest BCUT2D eigenvalue weighted by atomic mass is 32.2. The molecule has 24 heavy (non-hydrogen) atoms. The lowest BCUT2D eigenvalue weighted by molar-refractivity contribution is -0.128. The van der Waals surface area contributed by atoms with Crippen molar-refractivity contribution in [2.24, 2.45) is 5.92 Å². The van der Waals surface area contributed by atoms with Gasteiger partial charge in [-0.1, -0.05) is 0 Å². The molecule has 7 heteroatoms. The van der Waals surface area contributed by atoms with E-state index in [0.717, 1.165) is 25.6 Å². The number of anilines is 1. The van der Waals surface area contributed by atoms with E-state index in [0.29, 0.717) is 30.3 Å². The summed E-state index contributed by atoms with van der Waals surface area (Å²) < 4.78 is 23.9. The fourth-order valence-electron chi connectivity index (χ4n) is 3.15. The van der Waals surface area contributed by atoms with Crippen LogP contribution in [0.3, 0.4) is 0 Å². The van der Waals surface area contributed by atoms with Gasteiger partial charge in [-0.15, -0.1) is 0 Å². The summed E-state index contributed by atoms with van der Waals surface area (Å²) in [4.78, 5) is 25.7. The molecule has 1 aromatic carbocycles. The largest absolute Gasteiger partial charge is 0.384 e. The van der Waals surface area contributed by atoms with Gasteiger partial charge in [-0.2, -0.15) is 0 Å². The van der Waals surface area contributed by atoms with Crippen LogP contribution in [0.4, 0.5) is 5.69 Å². The lowest BCUT2D eigenvalue weighted by Crippen LogP contribution is -2.28. The summed E-state index contributed by atoms with van der Waals surface area (Å²) in [6.45, 7) is 2.68. The normalized spacial score (nSPS) is 21.2. The number of nitrogens with zero attached hydrogens (tertiary/aromatic N) is 1. The Balaban J connectivity index is 1.75. The second-order valence-electron chi connectivity index (χ2n) is 6.77. The van der Waals surface area contributed by atoms with Crippen LogP contribution in [0, 0.1) is 5.92 Å². The van der Waals surface area contributed by atoms with E-state index in [4.69, 9.17) is 0 Å². The van der Waals surface area contributed by atoms with Gasteiger partial charge in [0.25, 0.3) is 0 Å². The van der Waals surface area contributed by atoms with Gasteiger partial charge in [0.15, 0.2) is 15.6 Å². The number of hydrogen-bond donors (Lipinski definition) is 1. The minimum absolute atomic E-state index is 0.117. The van der Waals surface area contributed by atoms with E-state index in [1.807, 2.05) is 4.90 Å². The number of nitrogens with one attached hydrogen (secondary N) is 1. The molecule has 2 aliphatic rings. The first-order chi connectivity index (χ1) is 11.3. The van der Waals surface area contributed by atoms with E-state index in [2.05, 4.69) is 5.32 Å². The Kier molecular flexibility index (Phi) is 4.38. The summed E-state index contributed by atoms with van der Waals surface area (Å²) >= 11 is 0.